The Kier molecular flexibility index (Phi) is 4.44. The summed E-state index contributed by atoms with van der Waals surface area (Å²) in [6, 6.07) is 5.72. The number of aromatic nitrogens is 1. The molecule has 0 unspecified atom stereocenters. The zero-order valence-corrected chi connectivity index (χ0v) is 9.21. The van der Waals surface area contributed by atoms with E-state index in [1.165, 1.54) is 0 Å². The molecule has 1 aromatic rings. The second-order valence-electron chi connectivity index (χ2n) is 3.12. The summed E-state index contributed by atoms with van der Waals surface area (Å²) in [6.45, 7) is 0.992. The summed E-state index contributed by atoms with van der Waals surface area (Å²) in [6.07, 6.45) is 1.72. The standard InChI is InChI=1S/C10H13N3S/c1-13(2)6-7-14-10-9(8-11)4-3-5-12-10/h3-5H,6-7H2,1-2H3. The second-order valence-corrected chi connectivity index (χ2v) is 4.20. The van der Waals surface area contributed by atoms with Crippen molar-refractivity contribution in [3.8, 4) is 6.07 Å². The van der Waals surface area contributed by atoms with Crippen LogP contribution >= 0.6 is 11.8 Å². The van der Waals surface area contributed by atoms with Crippen LogP contribution < -0.4 is 0 Å². The van der Waals surface area contributed by atoms with E-state index < -0.39 is 0 Å². The van der Waals surface area contributed by atoms with Crippen molar-refractivity contribution in [3.05, 3.63) is 23.9 Å². The summed E-state index contributed by atoms with van der Waals surface area (Å²) < 4.78 is 0. The molecule has 0 fully saturated rings. The molecule has 1 heterocycles. The molecule has 0 bridgehead atoms. The van der Waals surface area contributed by atoms with E-state index in [4.69, 9.17) is 5.26 Å². The molecule has 4 heteroatoms. The normalized spacial score (nSPS) is 10.1. The van der Waals surface area contributed by atoms with E-state index in [1.807, 2.05) is 14.1 Å². The quantitative estimate of drug-likeness (QED) is 0.703. The summed E-state index contributed by atoms with van der Waals surface area (Å²) in [5.74, 6) is 0.957. The minimum atomic E-state index is 0.663. The molecular formula is C10H13N3S. The highest BCUT2D eigenvalue weighted by atomic mass is 32.2. The van der Waals surface area contributed by atoms with Crippen LogP contribution in [0, 0.1) is 11.3 Å². The first-order chi connectivity index (χ1) is 6.74. The van der Waals surface area contributed by atoms with E-state index in [9.17, 15) is 0 Å². The Morgan fingerprint density at radius 2 is 2.36 bits per heavy atom. The van der Waals surface area contributed by atoms with Crippen molar-refractivity contribution in [2.24, 2.45) is 0 Å². The Morgan fingerprint density at radius 3 is 3.00 bits per heavy atom. The van der Waals surface area contributed by atoms with Gasteiger partial charge in [-0.1, -0.05) is 0 Å². The van der Waals surface area contributed by atoms with E-state index in [0.717, 1.165) is 17.3 Å². The number of pyridine rings is 1. The Balaban J connectivity index is 2.54. The van der Waals surface area contributed by atoms with Gasteiger partial charge in [-0.2, -0.15) is 5.26 Å². The molecule has 0 radical (unpaired) electrons. The topological polar surface area (TPSA) is 39.9 Å². The van der Waals surface area contributed by atoms with Crippen molar-refractivity contribution >= 4 is 11.8 Å². The molecule has 0 aliphatic heterocycles. The number of hydrogen-bond donors (Lipinski definition) is 0. The van der Waals surface area contributed by atoms with Crippen LogP contribution in [0.4, 0.5) is 0 Å². The molecule has 0 aromatic carbocycles. The number of hydrogen-bond acceptors (Lipinski definition) is 4. The Hall–Kier alpha value is -1.05. The lowest BCUT2D eigenvalue weighted by Crippen LogP contribution is -2.14. The van der Waals surface area contributed by atoms with Gasteiger partial charge in [-0.15, -0.1) is 11.8 Å². The van der Waals surface area contributed by atoms with Crippen LogP contribution in [0.3, 0.4) is 0 Å². The van der Waals surface area contributed by atoms with E-state index in [2.05, 4.69) is 16.0 Å². The Morgan fingerprint density at radius 1 is 1.57 bits per heavy atom. The lowest BCUT2D eigenvalue weighted by Gasteiger charge is -2.08. The minimum absolute atomic E-state index is 0.663. The van der Waals surface area contributed by atoms with Crippen molar-refractivity contribution in [3.63, 3.8) is 0 Å². The van der Waals surface area contributed by atoms with Crippen molar-refractivity contribution in [1.82, 2.24) is 9.88 Å². The van der Waals surface area contributed by atoms with Crippen LogP contribution in [0.15, 0.2) is 23.4 Å². The first kappa shape index (κ1) is 11.0. The fourth-order valence-electron chi connectivity index (χ4n) is 0.916. The predicted octanol–water partition coefficient (Wildman–Crippen LogP) is 1.61. The molecular weight excluding hydrogens is 194 g/mol. The molecule has 0 atom stereocenters. The fourth-order valence-corrected chi connectivity index (χ4v) is 1.97. The zero-order valence-electron chi connectivity index (χ0n) is 8.40. The number of nitrogens with zero attached hydrogens (tertiary/aromatic N) is 3. The SMILES string of the molecule is CN(C)CCSc1ncccc1C#N. The molecule has 0 spiro atoms. The second kappa shape index (κ2) is 5.63. The Bertz CT molecular complexity index is 330. The van der Waals surface area contributed by atoms with Crippen LogP contribution in [0.25, 0.3) is 0 Å². The molecule has 0 aliphatic carbocycles. The highest BCUT2D eigenvalue weighted by Crippen LogP contribution is 2.18. The molecule has 0 aliphatic rings. The van der Waals surface area contributed by atoms with Gasteiger partial charge in [0.1, 0.15) is 11.1 Å². The van der Waals surface area contributed by atoms with Crippen LogP contribution in [-0.4, -0.2) is 36.3 Å². The molecule has 1 rings (SSSR count). The molecule has 3 nitrogen and oxygen atoms in total. The van der Waals surface area contributed by atoms with Gasteiger partial charge in [0.05, 0.1) is 5.56 Å². The number of nitriles is 1. The third kappa shape index (κ3) is 3.36. The first-order valence-electron chi connectivity index (χ1n) is 4.36. The van der Waals surface area contributed by atoms with Crippen LogP contribution in [-0.2, 0) is 0 Å². The highest BCUT2D eigenvalue weighted by Gasteiger charge is 2.02. The minimum Gasteiger partial charge on any atom is -0.309 e. The van der Waals surface area contributed by atoms with Crippen molar-refractivity contribution in [1.29, 1.82) is 5.26 Å². The molecule has 0 N–H and O–H groups in total. The van der Waals surface area contributed by atoms with E-state index >= 15 is 0 Å². The van der Waals surface area contributed by atoms with Crippen LogP contribution in [0.1, 0.15) is 5.56 Å². The third-order valence-corrected chi connectivity index (χ3v) is 2.65. The van der Waals surface area contributed by atoms with Crippen molar-refractivity contribution in [2.45, 2.75) is 5.03 Å². The van der Waals surface area contributed by atoms with Gasteiger partial charge >= 0.3 is 0 Å². The van der Waals surface area contributed by atoms with Gasteiger partial charge in [-0.25, -0.2) is 4.98 Å². The Labute approximate surface area is 88.8 Å². The van der Waals surface area contributed by atoms with Gasteiger partial charge in [0.15, 0.2) is 0 Å². The highest BCUT2D eigenvalue weighted by molar-refractivity contribution is 7.99. The predicted molar refractivity (Wildman–Crippen MR) is 58.2 cm³/mol. The largest absolute Gasteiger partial charge is 0.309 e. The van der Waals surface area contributed by atoms with Crippen LogP contribution in [0.2, 0.25) is 0 Å². The van der Waals surface area contributed by atoms with Crippen molar-refractivity contribution < 1.29 is 0 Å². The molecule has 0 saturated heterocycles. The van der Waals surface area contributed by atoms with E-state index in [1.54, 1.807) is 30.1 Å². The van der Waals surface area contributed by atoms with Gasteiger partial charge in [0.2, 0.25) is 0 Å². The monoisotopic (exact) mass is 207 g/mol. The maximum atomic E-state index is 8.81. The summed E-state index contributed by atoms with van der Waals surface area (Å²) in [5.41, 5.74) is 0.663. The molecule has 0 saturated carbocycles. The lowest BCUT2D eigenvalue weighted by molar-refractivity contribution is 0.437. The summed E-state index contributed by atoms with van der Waals surface area (Å²) in [4.78, 5) is 6.28. The summed E-state index contributed by atoms with van der Waals surface area (Å²) >= 11 is 1.62. The summed E-state index contributed by atoms with van der Waals surface area (Å²) in [5, 5.41) is 9.64. The maximum absolute atomic E-state index is 8.81. The molecule has 0 amide bonds. The van der Waals surface area contributed by atoms with Crippen LogP contribution in [0.5, 0.6) is 0 Å². The smallest absolute Gasteiger partial charge is 0.114 e. The lowest BCUT2D eigenvalue weighted by atomic mass is 10.3. The van der Waals surface area contributed by atoms with Gasteiger partial charge in [0, 0.05) is 18.5 Å². The van der Waals surface area contributed by atoms with Gasteiger partial charge in [0.25, 0.3) is 0 Å². The van der Waals surface area contributed by atoms with Gasteiger partial charge in [-0.3, -0.25) is 0 Å². The third-order valence-electron chi connectivity index (χ3n) is 1.67. The van der Waals surface area contributed by atoms with Gasteiger partial charge in [-0.05, 0) is 26.2 Å². The van der Waals surface area contributed by atoms with Gasteiger partial charge < -0.3 is 4.90 Å². The van der Waals surface area contributed by atoms with Crippen molar-refractivity contribution in [2.75, 3.05) is 26.4 Å². The number of thioether (sulfide) groups is 1. The molecule has 1 aromatic heterocycles. The fraction of sp³-hybridized carbons (Fsp3) is 0.400. The molecule has 14 heavy (non-hydrogen) atoms. The van der Waals surface area contributed by atoms with E-state index in [-0.39, 0.29) is 0 Å². The van der Waals surface area contributed by atoms with E-state index in [0.29, 0.717) is 5.56 Å². The average Bonchev–Trinajstić information content (AvgIpc) is 2.18. The average molecular weight is 207 g/mol. The summed E-state index contributed by atoms with van der Waals surface area (Å²) in [7, 11) is 4.06. The first-order valence-corrected chi connectivity index (χ1v) is 5.35. The molecule has 74 valence electrons. The maximum Gasteiger partial charge on any atom is 0.114 e. The number of rotatable bonds is 4. The zero-order chi connectivity index (χ0) is 10.4.